The maximum Gasteiger partial charge on any atom is 0.416 e. The number of ether oxygens (including phenoxy) is 1. The number of fused-ring (bicyclic) bond motifs is 1. The van der Waals surface area contributed by atoms with Gasteiger partial charge in [-0.2, -0.15) is 22.7 Å². The smallest absolute Gasteiger partial charge is 0.416 e. The molecule has 2 amide bonds. The van der Waals surface area contributed by atoms with E-state index in [1.807, 2.05) is 0 Å². The van der Waals surface area contributed by atoms with Gasteiger partial charge in [-0.3, -0.25) is 14.4 Å². The van der Waals surface area contributed by atoms with Gasteiger partial charge in [0.2, 0.25) is 11.7 Å². The second-order valence-electron chi connectivity index (χ2n) is 13.3. The summed E-state index contributed by atoms with van der Waals surface area (Å²) in [5.74, 6) is -1.28. The first-order valence-corrected chi connectivity index (χ1v) is 17.7. The zero-order valence-electron chi connectivity index (χ0n) is 29.6. The molecule has 3 aromatic heterocycles. The monoisotopic (exact) mass is 781 g/mol. The lowest BCUT2D eigenvalue weighted by atomic mass is 9.92. The Hall–Kier alpha value is -5.59. The van der Waals surface area contributed by atoms with E-state index in [-0.39, 0.29) is 84.3 Å². The van der Waals surface area contributed by atoms with E-state index in [1.54, 1.807) is 43.0 Å². The summed E-state index contributed by atoms with van der Waals surface area (Å²) in [6.07, 6.45) is -2.75. The molecule has 7 rings (SSSR count). The van der Waals surface area contributed by atoms with E-state index >= 15 is 0 Å². The molecule has 2 saturated heterocycles. The number of rotatable bonds is 8. The minimum absolute atomic E-state index is 0.0320. The number of nitrogens with one attached hydrogen (secondary N) is 1. The van der Waals surface area contributed by atoms with Crippen LogP contribution in [0.3, 0.4) is 0 Å². The third-order valence-corrected chi connectivity index (χ3v) is 10.1. The first kappa shape index (κ1) is 37.7. The van der Waals surface area contributed by atoms with Gasteiger partial charge in [-0.1, -0.05) is 42.8 Å². The number of aliphatic hydroxyl groups is 1. The topological polar surface area (TPSA) is 180 Å². The van der Waals surface area contributed by atoms with E-state index in [4.69, 9.17) is 16.3 Å². The van der Waals surface area contributed by atoms with Crippen molar-refractivity contribution in [2.45, 2.75) is 45.0 Å². The predicted molar refractivity (Wildman–Crippen MR) is 193 cm³/mol. The van der Waals surface area contributed by atoms with E-state index < -0.39 is 41.3 Å². The van der Waals surface area contributed by atoms with Gasteiger partial charge in [-0.25, -0.2) is 9.97 Å². The van der Waals surface area contributed by atoms with Crippen LogP contribution in [0.15, 0.2) is 53.6 Å². The Morgan fingerprint density at radius 1 is 1.07 bits per heavy atom. The predicted octanol–water partition coefficient (Wildman–Crippen LogP) is 3.81. The Bertz CT molecular complexity index is 2350. The van der Waals surface area contributed by atoms with Crippen molar-refractivity contribution in [1.29, 1.82) is 0 Å². The number of nitrogens with zero attached hydrogens (tertiary/aromatic N) is 8. The molecule has 0 saturated carbocycles. The summed E-state index contributed by atoms with van der Waals surface area (Å²) < 4.78 is 47.8. The molecule has 1 unspecified atom stereocenters. The maximum atomic E-state index is 14.3. The average Bonchev–Trinajstić information content (AvgIpc) is 3.82. The van der Waals surface area contributed by atoms with Crippen LogP contribution in [0.4, 0.5) is 24.5 Å². The highest BCUT2D eigenvalue weighted by Gasteiger charge is 2.35. The number of aromatic nitrogens is 6. The third-order valence-electron chi connectivity index (χ3n) is 9.80. The van der Waals surface area contributed by atoms with Crippen molar-refractivity contribution in [3.8, 4) is 17.1 Å². The summed E-state index contributed by atoms with van der Waals surface area (Å²) in [6.45, 7) is 4.25. The van der Waals surface area contributed by atoms with Crippen molar-refractivity contribution in [3.05, 3.63) is 92.4 Å². The summed E-state index contributed by atoms with van der Waals surface area (Å²) in [7, 11) is 0. The summed E-state index contributed by atoms with van der Waals surface area (Å²) in [4.78, 5) is 57.1. The van der Waals surface area contributed by atoms with Crippen LogP contribution in [0.1, 0.15) is 46.3 Å². The second kappa shape index (κ2) is 14.6. The summed E-state index contributed by atoms with van der Waals surface area (Å²) in [6, 6.07) is 9.47. The van der Waals surface area contributed by atoms with Crippen molar-refractivity contribution in [3.63, 3.8) is 0 Å². The number of piperazine rings is 1. The number of carbonyl (C=O) groups excluding carboxylic acids is 2. The molecule has 3 N–H and O–H groups in total. The molecule has 15 nitrogen and oxygen atoms in total. The van der Waals surface area contributed by atoms with Crippen LogP contribution in [0.25, 0.3) is 17.2 Å². The van der Waals surface area contributed by atoms with Crippen molar-refractivity contribution < 1.29 is 37.7 Å². The lowest BCUT2D eigenvalue weighted by Crippen LogP contribution is -2.51. The number of aromatic hydroxyl groups is 1. The molecule has 5 aromatic rings. The van der Waals surface area contributed by atoms with Crippen LogP contribution in [-0.4, -0.2) is 95.5 Å². The minimum Gasteiger partial charge on any atom is -0.504 e. The molecular weight excluding hydrogens is 747 g/mol. The fourth-order valence-electron chi connectivity index (χ4n) is 6.80. The summed E-state index contributed by atoms with van der Waals surface area (Å²) in [5.41, 5.74) is -0.734. The average molecular weight is 782 g/mol. The third kappa shape index (κ3) is 7.19. The standard InChI is InChI=1S/C36H35ClF3N9O6/c1-3-26-29(46-11-13-47(14-12-46)32(52)28-30(51)20(2)41-19-42-28)33(53)49-34(44-31(45-49)21-4-6-22(7-5-21)35(54)10-15-55-18-35)48(26)17-27(50)43-25-9-8-23(16-24(25)37)36(38,39)40/h4-9,16,19,51,54H,3,10-15,17-18H2,1-2H3,(H,43,50). The van der Waals surface area contributed by atoms with E-state index in [9.17, 15) is 37.8 Å². The lowest BCUT2D eigenvalue weighted by Gasteiger charge is -2.36. The molecule has 2 fully saturated rings. The second-order valence-corrected chi connectivity index (χ2v) is 13.7. The van der Waals surface area contributed by atoms with Gasteiger partial charge in [-0.05, 0) is 37.1 Å². The van der Waals surface area contributed by atoms with Crippen LogP contribution >= 0.6 is 11.6 Å². The molecule has 0 radical (unpaired) electrons. The van der Waals surface area contributed by atoms with Gasteiger partial charge in [0.25, 0.3) is 11.5 Å². The largest absolute Gasteiger partial charge is 0.504 e. The number of hydrogen-bond donors (Lipinski definition) is 3. The Morgan fingerprint density at radius 2 is 1.80 bits per heavy atom. The van der Waals surface area contributed by atoms with Crippen molar-refractivity contribution >= 4 is 40.6 Å². The fraction of sp³-hybridized carbons (Fsp3) is 0.361. The van der Waals surface area contributed by atoms with Gasteiger partial charge in [0.1, 0.15) is 24.2 Å². The molecule has 2 aliphatic heterocycles. The van der Waals surface area contributed by atoms with Crippen LogP contribution in [0.2, 0.25) is 5.02 Å². The maximum absolute atomic E-state index is 14.3. The van der Waals surface area contributed by atoms with Gasteiger partial charge in [0.05, 0.1) is 34.3 Å². The molecular formula is C36H35ClF3N9O6. The Balaban J connectivity index is 1.25. The zero-order valence-corrected chi connectivity index (χ0v) is 30.4. The number of benzene rings is 2. The molecule has 0 bridgehead atoms. The number of alkyl halides is 3. The SMILES string of the molecule is CCc1c(N2CCN(C(=O)c3ncnc(C)c3O)CC2)c(=O)n2nc(-c3ccc(C4(O)CCOC4)cc3)nc2n1CC(=O)Nc1ccc(C(F)(F)F)cc1Cl. The molecule has 288 valence electrons. The lowest BCUT2D eigenvalue weighted by molar-refractivity contribution is -0.137. The highest BCUT2D eigenvalue weighted by Crippen LogP contribution is 2.35. The first-order chi connectivity index (χ1) is 26.2. The summed E-state index contributed by atoms with van der Waals surface area (Å²) >= 11 is 6.14. The molecule has 2 aromatic carbocycles. The van der Waals surface area contributed by atoms with E-state index in [0.29, 0.717) is 29.8 Å². The van der Waals surface area contributed by atoms with Gasteiger partial charge in [0, 0.05) is 44.8 Å². The highest BCUT2D eigenvalue weighted by atomic mass is 35.5. The highest BCUT2D eigenvalue weighted by molar-refractivity contribution is 6.33. The van der Waals surface area contributed by atoms with E-state index in [2.05, 4.69) is 25.4 Å². The number of amides is 2. The van der Waals surface area contributed by atoms with Crippen LogP contribution < -0.4 is 15.8 Å². The van der Waals surface area contributed by atoms with E-state index in [0.717, 1.165) is 22.7 Å². The molecule has 5 heterocycles. The van der Waals surface area contributed by atoms with Crippen LogP contribution in [-0.2, 0) is 34.3 Å². The molecule has 1 atom stereocenters. The number of halogens is 4. The Labute approximate surface area is 316 Å². The van der Waals surface area contributed by atoms with Crippen molar-refractivity contribution in [2.24, 2.45) is 0 Å². The van der Waals surface area contributed by atoms with Crippen molar-refractivity contribution in [1.82, 2.24) is 34.0 Å². The number of anilines is 2. The zero-order chi connectivity index (χ0) is 39.2. The summed E-state index contributed by atoms with van der Waals surface area (Å²) in [5, 5.41) is 28.2. The van der Waals surface area contributed by atoms with Gasteiger partial charge in [-0.15, -0.1) is 5.10 Å². The van der Waals surface area contributed by atoms with Gasteiger partial charge < -0.3 is 34.6 Å². The molecule has 0 spiro atoms. The van der Waals surface area contributed by atoms with Gasteiger partial charge >= 0.3 is 6.18 Å². The molecule has 19 heteroatoms. The fourth-order valence-corrected chi connectivity index (χ4v) is 7.02. The van der Waals surface area contributed by atoms with E-state index in [1.165, 1.54) is 15.8 Å². The van der Waals surface area contributed by atoms with Crippen molar-refractivity contribution in [2.75, 3.05) is 49.6 Å². The van der Waals surface area contributed by atoms with Crippen LogP contribution in [0.5, 0.6) is 5.75 Å². The van der Waals surface area contributed by atoms with Gasteiger partial charge in [0.15, 0.2) is 17.3 Å². The number of aryl methyl sites for hydroxylation is 1. The number of carbonyl (C=O) groups is 2. The molecule has 2 aliphatic rings. The normalized spacial score (nSPS) is 17.6. The molecule has 55 heavy (non-hydrogen) atoms. The Kier molecular flexibility index (Phi) is 9.99. The first-order valence-electron chi connectivity index (χ1n) is 17.3. The van der Waals surface area contributed by atoms with Crippen LogP contribution in [0, 0.1) is 6.92 Å². The quantitative estimate of drug-likeness (QED) is 0.209. The molecule has 0 aliphatic carbocycles. The Morgan fingerprint density at radius 3 is 2.44 bits per heavy atom. The minimum atomic E-state index is -4.63. The number of hydrogen-bond acceptors (Lipinski definition) is 11.